The first-order chi connectivity index (χ1) is 10.5. The molecule has 3 aromatic rings. The zero-order valence-corrected chi connectivity index (χ0v) is 13.4. The number of imidazole rings is 1. The Labute approximate surface area is 134 Å². The van der Waals surface area contributed by atoms with E-state index in [1.54, 1.807) is 0 Å². The number of fused-ring (bicyclic) bond motifs is 1. The summed E-state index contributed by atoms with van der Waals surface area (Å²) in [4.78, 5) is 5.20. The molecule has 4 nitrogen and oxygen atoms in total. The maximum Gasteiger partial charge on any atom is 0.141 e. The van der Waals surface area contributed by atoms with Gasteiger partial charge in [-0.25, -0.2) is 4.98 Å². The molecule has 4 N–H and O–H groups in total. The third kappa shape index (κ3) is 2.55. The predicted molar refractivity (Wildman–Crippen MR) is 95.8 cm³/mol. The van der Waals surface area contributed by atoms with E-state index in [1.807, 2.05) is 24.3 Å². The Hall–Kier alpha value is -2.40. The number of hydrogen-bond acceptors (Lipinski definition) is 3. The minimum atomic E-state index is 0.433. The molecule has 0 amide bonds. The van der Waals surface area contributed by atoms with Crippen molar-refractivity contribution >= 4 is 33.9 Å². The molecule has 0 saturated heterocycles. The second-order valence-electron chi connectivity index (χ2n) is 5.54. The van der Waals surface area contributed by atoms with E-state index in [9.17, 15) is 0 Å². The van der Waals surface area contributed by atoms with Crippen LogP contribution in [-0.4, -0.2) is 14.5 Å². The summed E-state index contributed by atoms with van der Waals surface area (Å²) in [6.07, 6.45) is 0. The van der Waals surface area contributed by atoms with Crippen LogP contribution in [0.5, 0.6) is 0 Å². The molecular weight excluding hydrogens is 292 g/mol. The SMILES string of the molecule is Cc1cc2nc(-c3cccc(N)c3)n(CC(N)=S)c2cc1C. The van der Waals surface area contributed by atoms with E-state index in [4.69, 9.17) is 28.7 Å². The molecule has 1 heterocycles. The largest absolute Gasteiger partial charge is 0.399 e. The Bertz CT molecular complexity index is 880. The van der Waals surface area contributed by atoms with Crippen LogP contribution in [0.15, 0.2) is 36.4 Å². The molecule has 0 bridgehead atoms. The van der Waals surface area contributed by atoms with E-state index < -0.39 is 0 Å². The molecule has 0 aliphatic rings. The number of nitrogens with zero attached hydrogens (tertiary/aromatic N) is 2. The van der Waals surface area contributed by atoms with Crippen molar-refractivity contribution in [2.45, 2.75) is 20.4 Å². The highest BCUT2D eigenvalue weighted by atomic mass is 32.1. The molecule has 112 valence electrons. The van der Waals surface area contributed by atoms with Gasteiger partial charge >= 0.3 is 0 Å². The van der Waals surface area contributed by atoms with Crippen LogP contribution in [0.25, 0.3) is 22.4 Å². The fourth-order valence-electron chi connectivity index (χ4n) is 2.59. The Balaban J connectivity index is 2.30. The molecule has 0 radical (unpaired) electrons. The van der Waals surface area contributed by atoms with Gasteiger partial charge in [0.05, 0.1) is 22.6 Å². The normalized spacial score (nSPS) is 11.0. The number of nitrogens with two attached hydrogens (primary N) is 2. The molecule has 0 aliphatic heterocycles. The molecule has 22 heavy (non-hydrogen) atoms. The summed E-state index contributed by atoms with van der Waals surface area (Å²) in [6.45, 7) is 4.63. The molecule has 2 aromatic carbocycles. The minimum Gasteiger partial charge on any atom is -0.399 e. The molecule has 3 rings (SSSR count). The second kappa shape index (κ2) is 5.42. The van der Waals surface area contributed by atoms with Gasteiger partial charge in [0.25, 0.3) is 0 Å². The third-order valence-corrected chi connectivity index (χ3v) is 3.95. The second-order valence-corrected chi connectivity index (χ2v) is 6.06. The first kappa shape index (κ1) is 14.5. The van der Waals surface area contributed by atoms with Gasteiger partial charge < -0.3 is 16.0 Å². The first-order valence-corrected chi connectivity index (χ1v) is 7.48. The lowest BCUT2D eigenvalue weighted by Gasteiger charge is -2.09. The Morgan fingerprint density at radius 3 is 2.59 bits per heavy atom. The summed E-state index contributed by atoms with van der Waals surface area (Å²) in [5.74, 6) is 0.833. The average Bonchev–Trinajstić information content (AvgIpc) is 2.77. The van der Waals surface area contributed by atoms with Crippen molar-refractivity contribution in [2.24, 2.45) is 5.73 Å². The Morgan fingerprint density at radius 2 is 1.91 bits per heavy atom. The first-order valence-electron chi connectivity index (χ1n) is 7.07. The molecule has 5 heteroatoms. The number of aryl methyl sites for hydroxylation is 2. The van der Waals surface area contributed by atoms with Gasteiger partial charge in [0, 0.05) is 11.3 Å². The van der Waals surface area contributed by atoms with E-state index >= 15 is 0 Å². The number of hydrogen-bond donors (Lipinski definition) is 2. The van der Waals surface area contributed by atoms with Crippen molar-refractivity contribution in [3.05, 3.63) is 47.5 Å². The topological polar surface area (TPSA) is 69.9 Å². The lowest BCUT2D eigenvalue weighted by atomic mass is 10.1. The average molecular weight is 310 g/mol. The van der Waals surface area contributed by atoms with Crippen molar-refractivity contribution in [3.63, 3.8) is 0 Å². The Morgan fingerprint density at radius 1 is 1.18 bits per heavy atom. The van der Waals surface area contributed by atoms with E-state index in [2.05, 4.69) is 30.5 Å². The van der Waals surface area contributed by atoms with Gasteiger partial charge in [-0.3, -0.25) is 0 Å². The van der Waals surface area contributed by atoms with Crippen LogP contribution in [-0.2, 0) is 6.54 Å². The van der Waals surface area contributed by atoms with Crippen LogP contribution in [0, 0.1) is 13.8 Å². The van der Waals surface area contributed by atoms with Crippen LogP contribution in [0.2, 0.25) is 0 Å². The van der Waals surface area contributed by atoms with Gasteiger partial charge in [-0.2, -0.15) is 0 Å². The summed E-state index contributed by atoms with van der Waals surface area (Å²) in [7, 11) is 0. The van der Waals surface area contributed by atoms with E-state index in [1.165, 1.54) is 11.1 Å². The number of rotatable bonds is 3. The van der Waals surface area contributed by atoms with Gasteiger partial charge in [-0.15, -0.1) is 0 Å². The van der Waals surface area contributed by atoms with Crippen molar-refractivity contribution in [3.8, 4) is 11.4 Å². The van der Waals surface area contributed by atoms with Crippen LogP contribution >= 0.6 is 12.2 Å². The van der Waals surface area contributed by atoms with E-state index in [0.29, 0.717) is 17.2 Å². The number of nitrogen functional groups attached to an aromatic ring is 1. The van der Waals surface area contributed by atoms with Gasteiger partial charge in [-0.1, -0.05) is 24.4 Å². The highest BCUT2D eigenvalue weighted by molar-refractivity contribution is 7.80. The number of benzene rings is 2. The zero-order valence-electron chi connectivity index (χ0n) is 12.6. The van der Waals surface area contributed by atoms with Crippen molar-refractivity contribution in [1.82, 2.24) is 9.55 Å². The molecule has 0 unspecified atom stereocenters. The van der Waals surface area contributed by atoms with E-state index in [-0.39, 0.29) is 0 Å². The van der Waals surface area contributed by atoms with Gasteiger partial charge in [0.2, 0.25) is 0 Å². The molecule has 0 spiro atoms. The molecule has 0 saturated carbocycles. The molecule has 0 fully saturated rings. The minimum absolute atomic E-state index is 0.433. The van der Waals surface area contributed by atoms with Crippen LogP contribution < -0.4 is 11.5 Å². The van der Waals surface area contributed by atoms with Crippen molar-refractivity contribution < 1.29 is 0 Å². The fraction of sp³-hybridized carbons (Fsp3) is 0.176. The fourth-order valence-corrected chi connectivity index (χ4v) is 2.72. The van der Waals surface area contributed by atoms with Gasteiger partial charge in [-0.05, 0) is 49.2 Å². The number of thiocarbonyl (C=S) groups is 1. The maximum atomic E-state index is 5.90. The van der Waals surface area contributed by atoms with Gasteiger partial charge in [0.15, 0.2) is 0 Å². The summed E-state index contributed by atoms with van der Waals surface area (Å²) in [5.41, 5.74) is 17.8. The molecule has 0 aliphatic carbocycles. The van der Waals surface area contributed by atoms with Crippen molar-refractivity contribution in [2.75, 3.05) is 5.73 Å². The summed E-state index contributed by atoms with van der Waals surface area (Å²) < 4.78 is 2.05. The van der Waals surface area contributed by atoms with Crippen molar-refractivity contribution in [1.29, 1.82) is 0 Å². The predicted octanol–water partition coefficient (Wildman–Crippen LogP) is 3.19. The third-order valence-electron chi connectivity index (χ3n) is 3.82. The summed E-state index contributed by atoms with van der Waals surface area (Å²) in [6, 6.07) is 11.9. The highest BCUT2D eigenvalue weighted by Gasteiger charge is 2.14. The lowest BCUT2D eigenvalue weighted by Crippen LogP contribution is -2.17. The monoisotopic (exact) mass is 310 g/mol. The molecule has 1 aromatic heterocycles. The number of anilines is 1. The zero-order chi connectivity index (χ0) is 15.9. The van der Waals surface area contributed by atoms with Gasteiger partial charge in [0.1, 0.15) is 5.82 Å². The van der Waals surface area contributed by atoms with Crippen LogP contribution in [0.1, 0.15) is 11.1 Å². The standard InChI is InChI=1S/C17H18N4S/c1-10-6-14-15(7-11(10)2)21(9-16(19)22)17(20-14)12-4-3-5-13(18)8-12/h3-8H,9,18H2,1-2H3,(H2,19,22). The maximum absolute atomic E-state index is 5.90. The smallest absolute Gasteiger partial charge is 0.141 e. The molecular formula is C17H18N4S. The van der Waals surface area contributed by atoms with E-state index in [0.717, 1.165) is 22.4 Å². The summed E-state index contributed by atoms with van der Waals surface area (Å²) in [5, 5.41) is 0. The quantitative estimate of drug-likeness (QED) is 0.576. The number of aromatic nitrogens is 2. The summed E-state index contributed by atoms with van der Waals surface area (Å²) >= 11 is 5.10. The molecule has 0 atom stereocenters. The van der Waals surface area contributed by atoms with Crippen LogP contribution in [0.3, 0.4) is 0 Å². The lowest BCUT2D eigenvalue weighted by molar-refractivity contribution is 0.895. The highest BCUT2D eigenvalue weighted by Crippen LogP contribution is 2.27. The van der Waals surface area contributed by atoms with Crippen LogP contribution in [0.4, 0.5) is 5.69 Å². The Kier molecular flexibility index (Phi) is 3.58.